The van der Waals surface area contributed by atoms with E-state index in [1.54, 1.807) is 36.6 Å². The number of aromatic nitrogens is 1. The summed E-state index contributed by atoms with van der Waals surface area (Å²) in [5, 5.41) is 2.45. The first-order valence-electron chi connectivity index (χ1n) is 6.68. The van der Waals surface area contributed by atoms with Crippen LogP contribution >= 0.6 is 11.3 Å². The number of carbonyl (C=O) groups is 1. The third-order valence-electron chi connectivity index (χ3n) is 3.61. The van der Waals surface area contributed by atoms with Gasteiger partial charge in [-0.05, 0) is 13.0 Å². The second kappa shape index (κ2) is 5.36. The van der Waals surface area contributed by atoms with Crippen molar-refractivity contribution in [3.05, 3.63) is 47.2 Å². The van der Waals surface area contributed by atoms with E-state index in [1.165, 1.54) is 18.4 Å². The van der Waals surface area contributed by atoms with Crippen molar-refractivity contribution in [3.63, 3.8) is 0 Å². The summed E-state index contributed by atoms with van der Waals surface area (Å²) < 4.78 is 26.1. The van der Waals surface area contributed by atoms with Gasteiger partial charge in [0.15, 0.2) is 5.13 Å². The van der Waals surface area contributed by atoms with E-state index in [0.717, 1.165) is 9.18 Å². The first-order chi connectivity index (χ1) is 10.4. The molecule has 0 fully saturated rings. The Hall–Kier alpha value is -1.93. The fraction of sp³-hybridized carbons (Fsp3) is 0.286. The predicted molar refractivity (Wildman–Crippen MR) is 85.8 cm³/mol. The molecule has 0 saturated carbocycles. The molecule has 1 aliphatic heterocycles. The standard InChI is InChI=1S/C14H15N3O3S2/c1-9-8-15-14(21-9)16-13(18)11-7-10-5-3-4-6-12(10)22(19,20)17(11)2/h3-8,10,12H,1-2H3,(H,15,16,18). The van der Waals surface area contributed by atoms with Crippen LogP contribution in [0.15, 0.2) is 42.3 Å². The van der Waals surface area contributed by atoms with Gasteiger partial charge in [0.05, 0.1) is 0 Å². The van der Waals surface area contributed by atoms with Gasteiger partial charge in [0.2, 0.25) is 10.0 Å². The van der Waals surface area contributed by atoms with E-state index in [0.29, 0.717) is 5.13 Å². The SMILES string of the molecule is Cc1cnc(NC(=O)C2=CC3C=CC=CC3S(=O)(=O)N2C)s1. The zero-order valence-electron chi connectivity index (χ0n) is 12.1. The minimum Gasteiger partial charge on any atom is -0.297 e. The lowest BCUT2D eigenvalue weighted by Gasteiger charge is -2.34. The number of carbonyl (C=O) groups excluding carboxylic acids is 1. The van der Waals surface area contributed by atoms with Crippen molar-refractivity contribution in [2.75, 3.05) is 12.4 Å². The minimum atomic E-state index is -3.59. The number of amides is 1. The molecule has 2 atom stereocenters. The van der Waals surface area contributed by atoms with Gasteiger partial charge in [-0.3, -0.25) is 14.4 Å². The van der Waals surface area contributed by atoms with Gasteiger partial charge in [0.1, 0.15) is 10.9 Å². The highest BCUT2D eigenvalue weighted by Crippen LogP contribution is 2.32. The number of fused-ring (bicyclic) bond motifs is 1. The summed E-state index contributed by atoms with van der Waals surface area (Å²) in [6.07, 6.45) is 10.3. The van der Waals surface area contributed by atoms with Gasteiger partial charge < -0.3 is 0 Å². The largest absolute Gasteiger partial charge is 0.297 e. The van der Waals surface area contributed by atoms with Crippen LogP contribution in [0.1, 0.15) is 4.88 Å². The highest BCUT2D eigenvalue weighted by molar-refractivity contribution is 7.90. The highest BCUT2D eigenvalue weighted by atomic mass is 32.2. The van der Waals surface area contributed by atoms with Crippen molar-refractivity contribution in [1.29, 1.82) is 0 Å². The monoisotopic (exact) mass is 337 g/mol. The molecule has 0 aromatic carbocycles. The maximum absolute atomic E-state index is 12.5. The third kappa shape index (κ3) is 2.48. The van der Waals surface area contributed by atoms with Crippen LogP contribution in [0.2, 0.25) is 0 Å². The number of rotatable bonds is 2. The van der Waals surface area contributed by atoms with Crippen molar-refractivity contribution in [2.45, 2.75) is 12.2 Å². The summed E-state index contributed by atoms with van der Waals surface area (Å²) in [5.74, 6) is -0.799. The average Bonchev–Trinajstić information content (AvgIpc) is 2.88. The fourth-order valence-electron chi connectivity index (χ4n) is 2.45. The smallest absolute Gasteiger partial charge is 0.274 e. The number of likely N-dealkylation sites (N-methyl/N-ethyl adjacent to an activating group) is 1. The molecule has 22 heavy (non-hydrogen) atoms. The minimum absolute atomic E-state index is 0.119. The molecule has 1 aliphatic carbocycles. The molecule has 0 radical (unpaired) electrons. The van der Waals surface area contributed by atoms with E-state index >= 15 is 0 Å². The predicted octanol–water partition coefficient (Wildman–Crippen LogP) is 1.66. The maximum atomic E-state index is 12.5. The Bertz CT molecular complexity index is 805. The number of anilines is 1. The van der Waals surface area contributed by atoms with Gasteiger partial charge in [0, 0.05) is 24.0 Å². The Morgan fingerprint density at radius 1 is 1.36 bits per heavy atom. The molecule has 1 aromatic rings. The summed E-state index contributed by atoms with van der Waals surface area (Å²) in [6, 6.07) is 0. The fourth-order valence-corrected chi connectivity index (χ4v) is 4.75. The Kier molecular flexibility index (Phi) is 3.65. The van der Waals surface area contributed by atoms with Crippen LogP contribution in [-0.4, -0.2) is 35.9 Å². The molecular weight excluding hydrogens is 322 g/mol. The molecule has 2 unspecified atom stereocenters. The number of aryl methyl sites for hydroxylation is 1. The lowest BCUT2D eigenvalue weighted by atomic mass is 9.98. The van der Waals surface area contributed by atoms with Gasteiger partial charge in [-0.1, -0.05) is 24.3 Å². The summed E-state index contributed by atoms with van der Waals surface area (Å²) >= 11 is 1.34. The number of allylic oxidation sites excluding steroid dienone is 4. The first-order valence-corrected chi connectivity index (χ1v) is 9.00. The van der Waals surface area contributed by atoms with Gasteiger partial charge in [0.25, 0.3) is 5.91 Å². The summed E-state index contributed by atoms with van der Waals surface area (Å²) in [6.45, 7) is 1.88. The van der Waals surface area contributed by atoms with Gasteiger partial charge >= 0.3 is 0 Å². The van der Waals surface area contributed by atoms with Crippen LogP contribution in [0.25, 0.3) is 0 Å². The summed E-state index contributed by atoms with van der Waals surface area (Å²) in [4.78, 5) is 17.4. The zero-order chi connectivity index (χ0) is 15.9. The lowest BCUT2D eigenvalue weighted by Crippen LogP contribution is -2.45. The van der Waals surface area contributed by atoms with E-state index in [2.05, 4.69) is 10.3 Å². The van der Waals surface area contributed by atoms with Crippen molar-refractivity contribution < 1.29 is 13.2 Å². The Balaban J connectivity index is 1.92. The molecule has 8 heteroatoms. The second-order valence-electron chi connectivity index (χ2n) is 5.11. The first kappa shape index (κ1) is 15.0. The quantitative estimate of drug-likeness (QED) is 0.890. The number of sulfonamides is 1. The van der Waals surface area contributed by atoms with Crippen LogP contribution in [0.3, 0.4) is 0 Å². The molecular formula is C14H15N3O3S2. The van der Waals surface area contributed by atoms with Crippen molar-refractivity contribution in [2.24, 2.45) is 5.92 Å². The number of nitrogens with one attached hydrogen (secondary N) is 1. The summed E-state index contributed by atoms with van der Waals surface area (Å²) in [7, 11) is -2.20. The van der Waals surface area contributed by atoms with E-state index in [1.807, 2.05) is 6.92 Å². The van der Waals surface area contributed by atoms with Gasteiger partial charge in [-0.15, -0.1) is 11.3 Å². The van der Waals surface area contributed by atoms with Gasteiger partial charge in [-0.2, -0.15) is 0 Å². The molecule has 116 valence electrons. The molecule has 2 aliphatic rings. The molecule has 1 aromatic heterocycles. The Morgan fingerprint density at radius 3 is 2.77 bits per heavy atom. The molecule has 0 bridgehead atoms. The lowest BCUT2D eigenvalue weighted by molar-refractivity contribution is -0.113. The second-order valence-corrected chi connectivity index (χ2v) is 8.46. The van der Waals surface area contributed by atoms with Crippen molar-refractivity contribution in [1.82, 2.24) is 9.29 Å². The summed E-state index contributed by atoms with van der Waals surface area (Å²) in [5.41, 5.74) is 0.119. The van der Waals surface area contributed by atoms with Crippen molar-refractivity contribution in [3.8, 4) is 0 Å². The number of nitrogens with zero attached hydrogens (tertiary/aromatic N) is 2. The normalized spacial score (nSPS) is 25.5. The highest BCUT2D eigenvalue weighted by Gasteiger charge is 2.40. The van der Waals surface area contributed by atoms with Crippen LogP contribution in [0.5, 0.6) is 0 Å². The number of hydrogen-bond acceptors (Lipinski definition) is 5. The molecule has 3 rings (SSSR count). The topological polar surface area (TPSA) is 79.4 Å². The van der Waals surface area contributed by atoms with E-state index in [-0.39, 0.29) is 11.6 Å². The number of hydrogen-bond donors (Lipinski definition) is 1. The van der Waals surface area contributed by atoms with E-state index < -0.39 is 21.2 Å². The third-order valence-corrected chi connectivity index (χ3v) is 6.56. The molecule has 0 saturated heterocycles. The molecule has 1 amide bonds. The van der Waals surface area contributed by atoms with Crippen LogP contribution in [-0.2, 0) is 14.8 Å². The molecule has 6 nitrogen and oxygen atoms in total. The van der Waals surface area contributed by atoms with E-state index in [9.17, 15) is 13.2 Å². The maximum Gasteiger partial charge on any atom is 0.274 e. The average molecular weight is 337 g/mol. The Morgan fingerprint density at radius 2 is 2.09 bits per heavy atom. The molecule has 1 N–H and O–H groups in total. The van der Waals surface area contributed by atoms with Gasteiger partial charge in [-0.25, -0.2) is 13.4 Å². The van der Waals surface area contributed by atoms with E-state index in [4.69, 9.17) is 0 Å². The Labute approximate surface area is 132 Å². The van der Waals surface area contributed by atoms with Crippen LogP contribution in [0.4, 0.5) is 5.13 Å². The molecule has 2 heterocycles. The molecule has 0 spiro atoms. The van der Waals surface area contributed by atoms with Crippen LogP contribution in [0, 0.1) is 12.8 Å². The zero-order valence-corrected chi connectivity index (χ0v) is 13.7. The van der Waals surface area contributed by atoms with Crippen LogP contribution < -0.4 is 5.32 Å². The number of thiazole rings is 1. The van der Waals surface area contributed by atoms with Crippen molar-refractivity contribution >= 4 is 32.4 Å².